The third-order valence-electron chi connectivity index (χ3n) is 5.04. The zero-order valence-electron chi connectivity index (χ0n) is 12.2. The van der Waals surface area contributed by atoms with Crippen LogP contribution in [0.15, 0.2) is 0 Å². The van der Waals surface area contributed by atoms with Crippen molar-refractivity contribution in [2.45, 2.75) is 51.8 Å². The minimum atomic E-state index is -0.0585. The third kappa shape index (κ3) is 2.56. The van der Waals surface area contributed by atoms with Gasteiger partial charge in [0.25, 0.3) is 0 Å². The summed E-state index contributed by atoms with van der Waals surface area (Å²) in [7, 11) is 1.87. The molecular formula is C14H24N4OS. The molecule has 1 aromatic heterocycles. The zero-order chi connectivity index (χ0) is 14.2. The van der Waals surface area contributed by atoms with Crippen molar-refractivity contribution in [3.8, 4) is 0 Å². The van der Waals surface area contributed by atoms with Gasteiger partial charge in [0.1, 0.15) is 6.61 Å². The monoisotopic (exact) mass is 296 g/mol. The van der Waals surface area contributed by atoms with E-state index in [1.54, 1.807) is 4.57 Å². The van der Waals surface area contributed by atoms with E-state index in [4.69, 9.17) is 12.2 Å². The molecule has 1 spiro atoms. The van der Waals surface area contributed by atoms with E-state index in [9.17, 15) is 5.11 Å². The lowest BCUT2D eigenvalue weighted by Crippen LogP contribution is -2.30. The van der Waals surface area contributed by atoms with Crippen molar-refractivity contribution in [2.24, 2.45) is 12.5 Å². The van der Waals surface area contributed by atoms with E-state index in [2.05, 4.69) is 10.00 Å². The highest BCUT2D eigenvalue weighted by Crippen LogP contribution is 2.43. The molecule has 0 amide bonds. The van der Waals surface area contributed by atoms with Gasteiger partial charge in [-0.3, -0.25) is 4.90 Å². The Kier molecular flexibility index (Phi) is 3.97. The molecule has 2 heterocycles. The number of rotatable bonds is 3. The first-order chi connectivity index (χ1) is 9.63. The highest BCUT2D eigenvalue weighted by Gasteiger charge is 2.38. The Labute approximate surface area is 125 Å². The molecule has 1 aliphatic carbocycles. The maximum absolute atomic E-state index is 9.26. The van der Waals surface area contributed by atoms with E-state index in [-0.39, 0.29) is 6.61 Å². The standard InChI is InChI=1S/C14H24N4OS/c1-16-12(9-19)15-18(13(16)20)11-17-8-7-14(10-17)5-3-2-4-6-14/h19H,2-11H2,1H3. The van der Waals surface area contributed by atoms with Crippen LogP contribution in [0.5, 0.6) is 0 Å². The maximum Gasteiger partial charge on any atom is 0.198 e. The Morgan fingerprint density at radius 2 is 2.00 bits per heavy atom. The summed E-state index contributed by atoms with van der Waals surface area (Å²) in [6.07, 6.45) is 8.29. The van der Waals surface area contributed by atoms with E-state index in [1.165, 1.54) is 45.1 Å². The Morgan fingerprint density at radius 1 is 1.25 bits per heavy atom. The summed E-state index contributed by atoms with van der Waals surface area (Å²) < 4.78 is 4.34. The summed E-state index contributed by atoms with van der Waals surface area (Å²) in [6, 6.07) is 0. The number of aliphatic hydroxyl groups is 1. The van der Waals surface area contributed by atoms with Gasteiger partial charge in [-0.2, -0.15) is 5.10 Å². The van der Waals surface area contributed by atoms with E-state index in [1.807, 2.05) is 11.7 Å². The second-order valence-corrected chi connectivity index (χ2v) is 6.79. The summed E-state index contributed by atoms with van der Waals surface area (Å²) in [5, 5.41) is 13.7. The largest absolute Gasteiger partial charge is 0.388 e. The third-order valence-corrected chi connectivity index (χ3v) is 5.52. The molecule has 0 bridgehead atoms. The summed E-state index contributed by atoms with van der Waals surface area (Å²) in [4.78, 5) is 2.47. The van der Waals surface area contributed by atoms with Gasteiger partial charge in [-0.05, 0) is 36.9 Å². The molecule has 6 heteroatoms. The van der Waals surface area contributed by atoms with Gasteiger partial charge in [0.05, 0.1) is 6.67 Å². The van der Waals surface area contributed by atoms with Crippen molar-refractivity contribution >= 4 is 12.2 Å². The molecule has 2 fully saturated rings. The van der Waals surface area contributed by atoms with Crippen LogP contribution >= 0.6 is 12.2 Å². The molecule has 1 aromatic rings. The van der Waals surface area contributed by atoms with Gasteiger partial charge in [-0.25, -0.2) is 4.68 Å². The average molecular weight is 296 g/mol. The number of aliphatic hydroxyl groups excluding tert-OH is 1. The number of likely N-dealkylation sites (tertiary alicyclic amines) is 1. The first-order valence-corrected chi connectivity index (χ1v) is 8.00. The van der Waals surface area contributed by atoms with Crippen LogP contribution in [0.4, 0.5) is 0 Å². The van der Waals surface area contributed by atoms with Crippen LogP contribution in [-0.2, 0) is 20.3 Å². The Bertz CT molecular complexity index is 530. The fourth-order valence-electron chi connectivity index (χ4n) is 3.81. The normalized spacial score (nSPS) is 22.7. The SMILES string of the molecule is Cn1c(CO)nn(CN2CCC3(CCCCC3)C2)c1=S. The number of nitrogens with zero attached hydrogens (tertiary/aromatic N) is 4. The summed E-state index contributed by atoms with van der Waals surface area (Å²) >= 11 is 5.39. The Hall–Kier alpha value is -0.720. The van der Waals surface area contributed by atoms with E-state index in [0.717, 1.165) is 13.2 Å². The quantitative estimate of drug-likeness (QED) is 0.867. The van der Waals surface area contributed by atoms with Crippen LogP contribution in [0.1, 0.15) is 44.3 Å². The Morgan fingerprint density at radius 3 is 2.65 bits per heavy atom. The zero-order valence-corrected chi connectivity index (χ0v) is 13.0. The van der Waals surface area contributed by atoms with Crippen LogP contribution in [0.3, 0.4) is 0 Å². The number of hydrogen-bond donors (Lipinski definition) is 1. The molecular weight excluding hydrogens is 272 g/mol. The van der Waals surface area contributed by atoms with Crippen LogP contribution in [0.25, 0.3) is 0 Å². The molecule has 1 aliphatic heterocycles. The van der Waals surface area contributed by atoms with E-state index >= 15 is 0 Å². The van der Waals surface area contributed by atoms with E-state index < -0.39 is 0 Å². The van der Waals surface area contributed by atoms with Crippen LogP contribution in [0, 0.1) is 10.2 Å². The van der Waals surface area contributed by atoms with Crippen molar-refractivity contribution in [1.29, 1.82) is 0 Å². The van der Waals surface area contributed by atoms with E-state index in [0.29, 0.717) is 16.0 Å². The van der Waals surface area contributed by atoms with Gasteiger partial charge in [-0.15, -0.1) is 0 Å². The molecule has 2 aliphatic rings. The molecule has 5 nitrogen and oxygen atoms in total. The van der Waals surface area contributed by atoms with Crippen molar-refractivity contribution < 1.29 is 5.11 Å². The summed E-state index contributed by atoms with van der Waals surface area (Å²) in [5.41, 5.74) is 0.565. The van der Waals surface area contributed by atoms with Crippen molar-refractivity contribution in [2.75, 3.05) is 13.1 Å². The molecule has 1 N–H and O–H groups in total. The van der Waals surface area contributed by atoms with Gasteiger partial charge >= 0.3 is 0 Å². The second kappa shape index (κ2) is 5.58. The lowest BCUT2D eigenvalue weighted by atomic mass is 9.74. The van der Waals surface area contributed by atoms with Crippen molar-refractivity contribution in [3.63, 3.8) is 0 Å². The van der Waals surface area contributed by atoms with Crippen LogP contribution in [-0.4, -0.2) is 37.4 Å². The molecule has 0 atom stereocenters. The topological polar surface area (TPSA) is 46.2 Å². The fourth-order valence-corrected chi connectivity index (χ4v) is 4.01. The number of aromatic nitrogens is 3. The second-order valence-electron chi connectivity index (χ2n) is 6.42. The molecule has 1 saturated heterocycles. The first-order valence-electron chi connectivity index (χ1n) is 7.59. The molecule has 20 heavy (non-hydrogen) atoms. The molecule has 0 unspecified atom stereocenters. The molecule has 3 rings (SSSR count). The maximum atomic E-state index is 9.26. The fraction of sp³-hybridized carbons (Fsp3) is 0.857. The lowest BCUT2D eigenvalue weighted by molar-refractivity contribution is 0.165. The van der Waals surface area contributed by atoms with Gasteiger partial charge in [0.15, 0.2) is 10.6 Å². The highest BCUT2D eigenvalue weighted by atomic mass is 32.1. The first kappa shape index (κ1) is 14.2. The van der Waals surface area contributed by atoms with Crippen LogP contribution < -0.4 is 0 Å². The average Bonchev–Trinajstić information content (AvgIpc) is 2.96. The Balaban J connectivity index is 1.69. The minimum absolute atomic E-state index is 0.0585. The minimum Gasteiger partial charge on any atom is -0.388 e. The van der Waals surface area contributed by atoms with Gasteiger partial charge in [-0.1, -0.05) is 19.3 Å². The van der Waals surface area contributed by atoms with Crippen molar-refractivity contribution in [3.05, 3.63) is 10.6 Å². The summed E-state index contributed by atoms with van der Waals surface area (Å²) in [5.74, 6) is 0.640. The van der Waals surface area contributed by atoms with Crippen LogP contribution in [0.2, 0.25) is 0 Å². The highest BCUT2D eigenvalue weighted by molar-refractivity contribution is 7.71. The van der Waals surface area contributed by atoms with Gasteiger partial charge in [0, 0.05) is 20.1 Å². The van der Waals surface area contributed by atoms with Gasteiger partial charge < -0.3 is 9.67 Å². The molecule has 1 saturated carbocycles. The number of hydrogen-bond acceptors (Lipinski definition) is 4. The molecule has 0 aromatic carbocycles. The van der Waals surface area contributed by atoms with Gasteiger partial charge in [0.2, 0.25) is 0 Å². The predicted octanol–water partition coefficient (Wildman–Crippen LogP) is 2.06. The molecule has 112 valence electrons. The van der Waals surface area contributed by atoms with Crippen molar-refractivity contribution in [1.82, 2.24) is 19.2 Å². The lowest BCUT2D eigenvalue weighted by Gasteiger charge is -2.33. The summed E-state index contributed by atoms with van der Waals surface area (Å²) in [6.45, 7) is 3.03. The smallest absolute Gasteiger partial charge is 0.198 e. The predicted molar refractivity (Wildman–Crippen MR) is 79.7 cm³/mol. The molecule has 0 radical (unpaired) electrons.